The lowest BCUT2D eigenvalue weighted by Crippen LogP contribution is -2.44. The van der Waals surface area contributed by atoms with Gasteiger partial charge in [0.2, 0.25) is 0 Å². The molecule has 1 unspecified atom stereocenters. The highest BCUT2D eigenvalue weighted by molar-refractivity contribution is 5.79. The van der Waals surface area contributed by atoms with Crippen molar-refractivity contribution in [3.05, 3.63) is 35.4 Å². The van der Waals surface area contributed by atoms with Crippen molar-refractivity contribution >= 4 is 5.97 Å². The van der Waals surface area contributed by atoms with Crippen LogP contribution in [0.1, 0.15) is 37.9 Å². The molecule has 3 heteroatoms. The monoisotopic (exact) mass is 219 g/mol. The Morgan fingerprint density at radius 3 is 2.69 bits per heavy atom. The summed E-state index contributed by atoms with van der Waals surface area (Å²) >= 11 is 0. The van der Waals surface area contributed by atoms with E-state index in [1.807, 2.05) is 45.0 Å². The van der Waals surface area contributed by atoms with E-state index < -0.39 is 0 Å². The molecular formula is C13H17NO2. The maximum atomic E-state index is 11.8. The van der Waals surface area contributed by atoms with Gasteiger partial charge in [0.15, 0.2) is 0 Å². The van der Waals surface area contributed by atoms with Gasteiger partial charge in [0.1, 0.15) is 12.6 Å². The number of carbonyl (C=O) groups is 1. The second kappa shape index (κ2) is 3.91. The molecule has 0 fully saturated rings. The van der Waals surface area contributed by atoms with Crippen molar-refractivity contribution in [2.24, 2.45) is 0 Å². The first-order chi connectivity index (χ1) is 7.47. The molecule has 0 saturated heterocycles. The fourth-order valence-electron chi connectivity index (χ4n) is 1.88. The Kier molecular flexibility index (Phi) is 2.72. The van der Waals surface area contributed by atoms with Crippen LogP contribution in [0.15, 0.2) is 24.3 Å². The minimum absolute atomic E-state index is 0.117. The third kappa shape index (κ3) is 2.25. The number of fused-ring (bicyclic) bond motifs is 1. The predicted octanol–water partition coefficient (Wildman–Crippen LogP) is 2.17. The summed E-state index contributed by atoms with van der Waals surface area (Å²) in [5, 5.41) is 3.29. The van der Waals surface area contributed by atoms with E-state index >= 15 is 0 Å². The highest BCUT2D eigenvalue weighted by Gasteiger charge is 2.31. The van der Waals surface area contributed by atoms with Crippen molar-refractivity contribution in [2.45, 2.75) is 39.0 Å². The highest BCUT2D eigenvalue weighted by atomic mass is 16.5. The summed E-state index contributed by atoms with van der Waals surface area (Å²) in [6.45, 7) is 6.50. The first kappa shape index (κ1) is 11.1. The third-order valence-electron chi connectivity index (χ3n) is 2.55. The van der Waals surface area contributed by atoms with Gasteiger partial charge in [0, 0.05) is 5.54 Å². The van der Waals surface area contributed by atoms with Gasteiger partial charge >= 0.3 is 5.97 Å². The summed E-state index contributed by atoms with van der Waals surface area (Å²) in [4.78, 5) is 11.8. The molecule has 1 N–H and O–H groups in total. The van der Waals surface area contributed by atoms with E-state index in [0.717, 1.165) is 11.1 Å². The molecule has 1 heterocycles. The van der Waals surface area contributed by atoms with Crippen LogP contribution in [0, 0.1) is 0 Å². The molecular weight excluding hydrogens is 202 g/mol. The topological polar surface area (TPSA) is 38.3 Å². The van der Waals surface area contributed by atoms with Gasteiger partial charge in [-0.25, -0.2) is 4.79 Å². The van der Waals surface area contributed by atoms with Gasteiger partial charge in [-0.2, -0.15) is 0 Å². The Hall–Kier alpha value is -1.35. The van der Waals surface area contributed by atoms with E-state index in [-0.39, 0.29) is 17.6 Å². The van der Waals surface area contributed by atoms with Gasteiger partial charge in [-0.1, -0.05) is 24.3 Å². The number of hydrogen-bond acceptors (Lipinski definition) is 3. The van der Waals surface area contributed by atoms with Gasteiger partial charge in [0.05, 0.1) is 0 Å². The van der Waals surface area contributed by atoms with Crippen molar-refractivity contribution in [3.8, 4) is 0 Å². The summed E-state index contributed by atoms with van der Waals surface area (Å²) in [7, 11) is 0. The quantitative estimate of drug-likeness (QED) is 0.736. The van der Waals surface area contributed by atoms with Gasteiger partial charge in [0.25, 0.3) is 0 Å². The number of nitrogens with one attached hydrogen (secondary N) is 1. The number of rotatable bonds is 1. The van der Waals surface area contributed by atoms with Gasteiger partial charge in [-0.3, -0.25) is 5.32 Å². The van der Waals surface area contributed by atoms with E-state index in [2.05, 4.69) is 5.32 Å². The lowest BCUT2D eigenvalue weighted by Gasteiger charge is -2.31. The van der Waals surface area contributed by atoms with Crippen LogP contribution in [-0.4, -0.2) is 11.5 Å². The molecule has 3 nitrogen and oxygen atoms in total. The van der Waals surface area contributed by atoms with Crippen LogP contribution in [0.4, 0.5) is 0 Å². The lowest BCUT2D eigenvalue weighted by atomic mass is 9.96. The summed E-state index contributed by atoms with van der Waals surface area (Å²) < 4.78 is 5.16. The second-order valence-electron chi connectivity index (χ2n) is 5.13. The first-order valence-electron chi connectivity index (χ1n) is 5.49. The average Bonchev–Trinajstić information content (AvgIpc) is 2.21. The van der Waals surface area contributed by atoms with Crippen LogP contribution in [-0.2, 0) is 16.1 Å². The number of cyclic esters (lactones) is 1. The molecule has 2 rings (SSSR count). The molecule has 1 atom stereocenters. The second-order valence-corrected chi connectivity index (χ2v) is 5.13. The molecule has 0 aromatic heterocycles. The van der Waals surface area contributed by atoms with Crippen LogP contribution in [0.5, 0.6) is 0 Å². The van der Waals surface area contributed by atoms with E-state index in [1.54, 1.807) is 0 Å². The number of benzene rings is 1. The molecule has 1 aliphatic rings. The maximum Gasteiger partial charge on any atom is 0.328 e. The zero-order valence-electron chi connectivity index (χ0n) is 9.91. The van der Waals surface area contributed by atoms with Crippen molar-refractivity contribution in [1.29, 1.82) is 0 Å². The molecule has 0 bridgehead atoms. The van der Waals surface area contributed by atoms with Crippen molar-refractivity contribution in [3.63, 3.8) is 0 Å². The molecule has 0 radical (unpaired) electrons. The fourth-order valence-corrected chi connectivity index (χ4v) is 1.88. The number of hydrogen-bond donors (Lipinski definition) is 1. The molecule has 0 spiro atoms. The number of carbonyl (C=O) groups excluding carboxylic acids is 1. The normalized spacial score (nSPS) is 20.2. The van der Waals surface area contributed by atoms with Crippen molar-refractivity contribution in [1.82, 2.24) is 5.32 Å². The van der Waals surface area contributed by atoms with Gasteiger partial charge in [-0.15, -0.1) is 0 Å². The lowest BCUT2D eigenvalue weighted by molar-refractivity contribution is -0.150. The standard InChI is InChI=1S/C13H17NO2/c1-13(2,3)14-11-10-7-5-4-6-9(10)8-16-12(11)15/h4-7,11,14H,8H2,1-3H3. The Morgan fingerprint density at radius 1 is 1.31 bits per heavy atom. The van der Waals surface area contributed by atoms with Crippen molar-refractivity contribution in [2.75, 3.05) is 0 Å². The Bertz CT molecular complexity index is 407. The molecule has 1 aromatic carbocycles. The SMILES string of the molecule is CC(C)(C)NC1C(=O)OCc2ccccc21. The van der Waals surface area contributed by atoms with Crippen molar-refractivity contribution < 1.29 is 9.53 Å². The highest BCUT2D eigenvalue weighted by Crippen LogP contribution is 2.27. The van der Waals surface area contributed by atoms with Crippen LogP contribution in [0.2, 0.25) is 0 Å². The minimum atomic E-state index is -0.343. The largest absolute Gasteiger partial charge is 0.459 e. The predicted molar refractivity (Wildman–Crippen MR) is 61.9 cm³/mol. The van der Waals surface area contributed by atoms with E-state index in [1.165, 1.54) is 0 Å². The molecule has 1 aliphatic heterocycles. The summed E-state index contributed by atoms with van der Waals surface area (Å²) in [6, 6.07) is 7.56. The Labute approximate surface area is 95.8 Å². The minimum Gasteiger partial charge on any atom is -0.459 e. The fraction of sp³-hybridized carbons (Fsp3) is 0.462. The summed E-state index contributed by atoms with van der Waals surface area (Å²) in [6.07, 6.45) is 0. The van der Waals surface area contributed by atoms with Gasteiger partial charge in [-0.05, 0) is 31.9 Å². The van der Waals surface area contributed by atoms with Crippen LogP contribution >= 0.6 is 0 Å². The molecule has 16 heavy (non-hydrogen) atoms. The average molecular weight is 219 g/mol. The molecule has 86 valence electrons. The smallest absolute Gasteiger partial charge is 0.328 e. The van der Waals surface area contributed by atoms with E-state index in [4.69, 9.17) is 4.74 Å². The summed E-state index contributed by atoms with van der Waals surface area (Å²) in [5.41, 5.74) is 2.01. The van der Waals surface area contributed by atoms with E-state index in [9.17, 15) is 4.79 Å². The zero-order chi connectivity index (χ0) is 11.8. The Balaban J connectivity index is 2.33. The molecule has 1 aromatic rings. The van der Waals surface area contributed by atoms with E-state index in [0.29, 0.717) is 6.61 Å². The first-order valence-corrected chi connectivity index (χ1v) is 5.49. The number of esters is 1. The maximum absolute atomic E-state index is 11.8. The molecule has 0 amide bonds. The zero-order valence-corrected chi connectivity index (χ0v) is 9.91. The number of ether oxygens (including phenoxy) is 1. The molecule has 0 saturated carbocycles. The van der Waals surface area contributed by atoms with Gasteiger partial charge < -0.3 is 4.74 Å². The molecule has 0 aliphatic carbocycles. The van der Waals surface area contributed by atoms with Crippen LogP contribution in [0.3, 0.4) is 0 Å². The third-order valence-corrected chi connectivity index (χ3v) is 2.55. The van der Waals surface area contributed by atoms with Crippen LogP contribution in [0.25, 0.3) is 0 Å². The Morgan fingerprint density at radius 2 is 2.00 bits per heavy atom. The summed E-state index contributed by atoms with van der Waals surface area (Å²) in [5.74, 6) is -0.186. The van der Waals surface area contributed by atoms with Crippen LogP contribution < -0.4 is 5.32 Å².